The fourth-order valence-corrected chi connectivity index (χ4v) is 5.68. The van der Waals surface area contributed by atoms with Crippen LogP contribution in [0.3, 0.4) is 0 Å². The number of carbonyl (C=O) groups excluding carboxylic acids is 1. The number of thiazole rings is 1. The summed E-state index contributed by atoms with van der Waals surface area (Å²) in [5, 5.41) is 0.777. The first-order valence-corrected chi connectivity index (χ1v) is 11.8. The molecule has 8 heteroatoms. The molecular weight excluding hydrogens is 458 g/mol. The van der Waals surface area contributed by atoms with Crippen LogP contribution in [0.15, 0.2) is 34.1 Å². The average molecular weight is 480 g/mol. The second-order valence-electron chi connectivity index (χ2n) is 6.63. The Labute approximate surface area is 181 Å². The molecule has 4 rings (SSSR count). The summed E-state index contributed by atoms with van der Waals surface area (Å²) >= 11 is 6.53. The minimum Gasteiger partial charge on any atom is -0.379 e. The summed E-state index contributed by atoms with van der Waals surface area (Å²) in [6, 6.07) is 10.1. The standard InChI is InChI=1S/C20H22BrN3O2S2/c1-2-14-4-3-5-15-18(14)22-20(28-15)24(9-8-23-10-12-26-13-11-23)19(25)16-6-7-17(21)27-16/h3-7H,2,8-13H2,1H3. The molecule has 1 aliphatic heterocycles. The first-order chi connectivity index (χ1) is 13.7. The van der Waals surface area contributed by atoms with Crippen molar-refractivity contribution in [3.8, 4) is 0 Å². The van der Waals surface area contributed by atoms with E-state index in [-0.39, 0.29) is 5.91 Å². The van der Waals surface area contributed by atoms with Gasteiger partial charge in [-0.25, -0.2) is 4.98 Å². The molecule has 0 N–H and O–H groups in total. The smallest absolute Gasteiger partial charge is 0.270 e. The lowest BCUT2D eigenvalue weighted by molar-refractivity contribution is 0.0391. The number of halogens is 1. The minimum absolute atomic E-state index is 0.0149. The molecular formula is C20H22BrN3O2S2. The molecule has 1 fully saturated rings. The number of para-hydroxylation sites is 1. The summed E-state index contributed by atoms with van der Waals surface area (Å²) in [6.07, 6.45) is 0.931. The molecule has 1 aliphatic rings. The summed E-state index contributed by atoms with van der Waals surface area (Å²) in [5.41, 5.74) is 2.24. The highest BCUT2D eigenvalue weighted by molar-refractivity contribution is 9.11. The fourth-order valence-electron chi connectivity index (χ4n) is 3.31. The molecule has 0 radical (unpaired) electrons. The molecule has 3 heterocycles. The maximum Gasteiger partial charge on any atom is 0.270 e. The van der Waals surface area contributed by atoms with Gasteiger partial charge in [0.1, 0.15) is 0 Å². The minimum atomic E-state index is 0.0149. The van der Waals surface area contributed by atoms with Gasteiger partial charge in [-0.15, -0.1) is 11.3 Å². The van der Waals surface area contributed by atoms with Gasteiger partial charge in [0, 0.05) is 26.2 Å². The summed E-state index contributed by atoms with van der Waals surface area (Å²) in [6.45, 7) is 6.91. The third kappa shape index (κ3) is 4.31. The number of ether oxygens (including phenoxy) is 1. The van der Waals surface area contributed by atoms with E-state index in [4.69, 9.17) is 9.72 Å². The molecule has 3 aromatic rings. The van der Waals surface area contributed by atoms with E-state index in [1.807, 2.05) is 17.0 Å². The first kappa shape index (κ1) is 20.0. The molecule has 0 atom stereocenters. The quantitative estimate of drug-likeness (QED) is 0.515. The van der Waals surface area contributed by atoms with Gasteiger partial charge >= 0.3 is 0 Å². The summed E-state index contributed by atoms with van der Waals surface area (Å²) in [5.74, 6) is 0.0149. The van der Waals surface area contributed by atoms with Crippen LogP contribution in [-0.4, -0.2) is 55.2 Å². The molecule has 0 aliphatic carbocycles. The molecule has 0 saturated carbocycles. The molecule has 5 nitrogen and oxygen atoms in total. The van der Waals surface area contributed by atoms with E-state index < -0.39 is 0 Å². The average Bonchev–Trinajstić information content (AvgIpc) is 3.34. The monoisotopic (exact) mass is 479 g/mol. The maximum absolute atomic E-state index is 13.3. The highest BCUT2D eigenvalue weighted by Gasteiger charge is 2.24. The highest BCUT2D eigenvalue weighted by atomic mass is 79.9. The van der Waals surface area contributed by atoms with Crippen molar-refractivity contribution in [3.63, 3.8) is 0 Å². The van der Waals surface area contributed by atoms with Gasteiger partial charge in [-0.05, 0) is 46.1 Å². The number of morpholine rings is 1. The van der Waals surface area contributed by atoms with Crippen molar-refractivity contribution in [1.29, 1.82) is 0 Å². The number of anilines is 1. The van der Waals surface area contributed by atoms with Crippen LogP contribution < -0.4 is 4.90 Å². The number of amides is 1. The number of hydrogen-bond acceptors (Lipinski definition) is 6. The fraction of sp³-hybridized carbons (Fsp3) is 0.400. The number of aryl methyl sites for hydroxylation is 1. The lowest BCUT2D eigenvalue weighted by Crippen LogP contribution is -2.43. The van der Waals surface area contributed by atoms with Crippen LogP contribution >= 0.6 is 38.6 Å². The zero-order valence-corrected chi connectivity index (χ0v) is 18.9. The number of fused-ring (bicyclic) bond motifs is 1. The largest absolute Gasteiger partial charge is 0.379 e. The summed E-state index contributed by atoms with van der Waals surface area (Å²) in [7, 11) is 0. The number of thiophene rings is 1. The van der Waals surface area contributed by atoms with Gasteiger partial charge in [0.15, 0.2) is 5.13 Å². The predicted molar refractivity (Wildman–Crippen MR) is 120 cm³/mol. The van der Waals surface area contributed by atoms with Gasteiger partial charge in [-0.3, -0.25) is 14.6 Å². The molecule has 0 bridgehead atoms. The van der Waals surface area contributed by atoms with Crippen molar-refractivity contribution >= 4 is 59.9 Å². The lowest BCUT2D eigenvalue weighted by atomic mass is 10.1. The zero-order valence-electron chi connectivity index (χ0n) is 15.7. The number of benzene rings is 1. The highest BCUT2D eigenvalue weighted by Crippen LogP contribution is 2.33. The van der Waals surface area contributed by atoms with E-state index >= 15 is 0 Å². The second kappa shape index (κ2) is 9.00. The Balaban J connectivity index is 1.64. The van der Waals surface area contributed by atoms with Crippen molar-refractivity contribution < 1.29 is 9.53 Å². The van der Waals surface area contributed by atoms with Gasteiger partial charge in [-0.1, -0.05) is 30.4 Å². The van der Waals surface area contributed by atoms with Crippen LogP contribution in [0.4, 0.5) is 5.13 Å². The Morgan fingerprint density at radius 3 is 2.79 bits per heavy atom. The van der Waals surface area contributed by atoms with Crippen molar-refractivity contribution in [2.24, 2.45) is 0 Å². The number of hydrogen-bond donors (Lipinski definition) is 0. The Kier molecular flexibility index (Phi) is 6.42. The van der Waals surface area contributed by atoms with Gasteiger partial charge in [0.2, 0.25) is 0 Å². The van der Waals surface area contributed by atoms with Crippen molar-refractivity contribution in [3.05, 3.63) is 44.6 Å². The molecule has 1 amide bonds. The Bertz CT molecular complexity index is 965. The topological polar surface area (TPSA) is 45.7 Å². The SMILES string of the molecule is CCc1cccc2sc(N(CCN3CCOCC3)C(=O)c3ccc(Br)s3)nc12. The van der Waals surface area contributed by atoms with Crippen molar-refractivity contribution in [2.75, 3.05) is 44.3 Å². The molecule has 0 spiro atoms. The molecule has 1 saturated heterocycles. The normalized spacial score (nSPS) is 15.2. The Morgan fingerprint density at radius 1 is 1.25 bits per heavy atom. The van der Waals surface area contributed by atoms with Gasteiger partial charge in [0.05, 0.1) is 32.1 Å². The van der Waals surface area contributed by atoms with Crippen LogP contribution in [0.5, 0.6) is 0 Å². The van der Waals surface area contributed by atoms with Crippen LogP contribution in [0.2, 0.25) is 0 Å². The molecule has 1 aromatic carbocycles. The number of aromatic nitrogens is 1. The third-order valence-corrected chi connectivity index (χ3v) is 7.53. The van der Waals surface area contributed by atoms with Gasteiger partial charge in [-0.2, -0.15) is 0 Å². The first-order valence-electron chi connectivity index (χ1n) is 9.41. The molecule has 2 aromatic heterocycles. The lowest BCUT2D eigenvalue weighted by Gasteiger charge is -2.29. The van der Waals surface area contributed by atoms with Crippen LogP contribution in [0.1, 0.15) is 22.2 Å². The number of rotatable bonds is 6. The van der Waals surface area contributed by atoms with Gasteiger partial charge < -0.3 is 4.74 Å². The van der Waals surface area contributed by atoms with E-state index in [9.17, 15) is 4.79 Å². The van der Waals surface area contributed by atoms with Gasteiger partial charge in [0.25, 0.3) is 5.91 Å². The Morgan fingerprint density at radius 2 is 2.07 bits per heavy atom. The zero-order chi connectivity index (χ0) is 19.5. The van der Waals surface area contributed by atoms with E-state index in [2.05, 4.69) is 46.0 Å². The molecule has 0 unspecified atom stereocenters. The summed E-state index contributed by atoms with van der Waals surface area (Å²) < 4.78 is 7.53. The van der Waals surface area contributed by atoms with E-state index in [0.29, 0.717) is 6.54 Å². The predicted octanol–water partition coefficient (Wildman–Crippen LogP) is 4.66. The molecule has 148 valence electrons. The number of nitrogens with zero attached hydrogens (tertiary/aromatic N) is 3. The number of carbonyl (C=O) groups is 1. The van der Waals surface area contributed by atoms with Crippen LogP contribution in [0.25, 0.3) is 10.2 Å². The van der Waals surface area contributed by atoms with Crippen LogP contribution in [-0.2, 0) is 11.2 Å². The molecule has 28 heavy (non-hydrogen) atoms. The Hall–Kier alpha value is -1.32. The van der Waals surface area contributed by atoms with E-state index in [0.717, 1.165) is 63.3 Å². The maximum atomic E-state index is 13.3. The van der Waals surface area contributed by atoms with Crippen molar-refractivity contribution in [1.82, 2.24) is 9.88 Å². The van der Waals surface area contributed by atoms with E-state index in [1.165, 1.54) is 16.9 Å². The summed E-state index contributed by atoms with van der Waals surface area (Å²) in [4.78, 5) is 23.1. The third-order valence-electron chi connectivity index (χ3n) is 4.88. The van der Waals surface area contributed by atoms with Crippen molar-refractivity contribution in [2.45, 2.75) is 13.3 Å². The second-order valence-corrected chi connectivity index (χ2v) is 10.1. The van der Waals surface area contributed by atoms with Crippen LogP contribution in [0, 0.1) is 0 Å². The van der Waals surface area contributed by atoms with E-state index in [1.54, 1.807) is 11.3 Å².